The average molecular weight is 324 g/mol. The zero-order chi connectivity index (χ0) is 16.4. The Balaban J connectivity index is 1.36. The van der Waals surface area contributed by atoms with Crippen molar-refractivity contribution < 1.29 is 4.79 Å². The summed E-state index contributed by atoms with van der Waals surface area (Å²) in [7, 11) is 0. The highest BCUT2D eigenvalue weighted by atomic mass is 16.2. The van der Waals surface area contributed by atoms with Crippen LogP contribution in [0.3, 0.4) is 0 Å². The van der Waals surface area contributed by atoms with E-state index in [4.69, 9.17) is 0 Å². The summed E-state index contributed by atoms with van der Waals surface area (Å²) in [5.74, 6) is 1.60. The van der Waals surface area contributed by atoms with Gasteiger partial charge in [-0.2, -0.15) is 5.10 Å². The van der Waals surface area contributed by atoms with Gasteiger partial charge in [-0.1, -0.05) is 31.4 Å². The van der Waals surface area contributed by atoms with Gasteiger partial charge < -0.3 is 4.57 Å². The van der Waals surface area contributed by atoms with Crippen molar-refractivity contribution in [3.05, 3.63) is 30.6 Å². The Labute approximate surface area is 142 Å². The van der Waals surface area contributed by atoms with Crippen LogP contribution >= 0.6 is 0 Å². The molecular formula is C19H24N4O. The second-order valence-corrected chi connectivity index (χ2v) is 7.12. The van der Waals surface area contributed by atoms with Crippen molar-refractivity contribution in [1.29, 1.82) is 0 Å². The Morgan fingerprint density at radius 3 is 2.96 bits per heavy atom. The lowest BCUT2D eigenvalue weighted by atomic mass is 9.70. The highest BCUT2D eigenvalue weighted by Crippen LogP contribution is 2.39. The molecule has 4 rings (SSSR count). The second kappa shape index (κ2) is 6.75. The summed E-state index contributed by atoms with van der Waals surface area (Å²) < 4.78 is 1.86. The van der Waals surface area contributed by atoms with Gasteiger partial charge in [-0.25, -0.2) is 10.4 Å². The average Bonchev–Trinajstić information content (AvgIpc) is 3.03. The lowest BCUT2D eigenvalue weighted by Crippen LogP contribution is -2.30. The number of imidazole rings is 1. The van der Waals surface area contributed by atoms with Crippen LogP contribution in [0, 0.1) is 11.8 Å². The molecule has 0 unspecified atom stereocenters. The molecule has 1 heterocycles. The SMILES string of the molecule is O=C(Cn1cnc2ccccc21)N/N=C1/CC[C@H]2CCCC[C@H]2C1. The molecule has 1 amide bonds. The molecule has 0 bridgehead atoms. The summed E-state index contributed by atoms with van der Waals surface area (Å²) in [6.45, 7) is 0.253. The van der Waals surface area contributed by atoms with Gasteiger partial charge in [0.1, 0.15) is 6.54 Å². The van der Waals surface area contributed by atoms with E-state index in [1.807, 2.05) is 28.8 Å². The smallest absolute Gasteiger partial charge is 0.260 e. The molecule has 1 aromatic heterocycles. The number of rotatable bonds is 3. The van der Waals surface area contributed by atoms with Crippen LogP contribution in [-0.2, 0) is 11.3 Å². The van der Waals surface area contributed by atoms with Crippen LogP contribution in [0.4, 0.5) is 0 Å². The van der Waals surface area contributed by atoms with Gasteiger partial charge in [-0.15, -0.1) is 0 Å². The third kappa shape index (κ3) is 3.21. The Hall–Kier alpha value is -2.17. The Bertz CT molecular complexity index is 764. The molecule has 2 aliphatic carbocycles. The molecule has 24 heavy (non-hydrogen) atoms. The minimum atomic E-state index is -0.0866. The monoisotopic (exact) mass is 324 g/mol. The van der Waals surface area contributed by atoms with Crippen LogP contribution < -0.4 is 5.43 Å². The molecule has 0 aliphatic heterocycles. The molecule has 1 N–H and O–H groups in total. The molecule has 2 saturated carbocycles. The van der Waals surface area contributed by atoms with E-state index in [0.29, 0.717) is 0 Å². The van der Waals surface area contributed by atoms with E-state index in [2.05, 4.69) is 15.5 Å². The van der Waals surface area contributed by atoms with Crippen LogP contribution in [0.2, 0.25) is 0 Å². The fraction of sp³-hybridized carbons (Fsp3) is 0.526. The number of aromatic nitrogens is 2. The van der Waals surface area contributed by atoms with Gasteiger partial charge in [0.2, 0.25) is 0 Å². The first-order chi connectivity index (χ1) is 11.8. The van der Waals surface area contributed by atoms with Crippen LogP contribution in [0.1, 0.15) is 44.9 Å². The van der Waals surface area contributed by atoms with Crippen LogP contribution in [0.5, 0.6) is 0 Å². The fourth-order valence-corrected chi connectivity index (χ4v) is 4.26. The first-order valence-corrected chi connectivity index (χ1v) is 9.04. The summed E-state index contributed by atoms with van der Waals surface area (Å²) in [6.07, 6.45) is 10.5. The minimum Gasteiger partial charge on any atom is -0.321 e. The number of fused-ring (bicyclic) bond motifs is 2. The maximum atomic E-state index is 12.2. The van der Waals surface area contributed by atoms with E-state index in [0.717, 1.165) is 35.7 Å². The highest BCUT2D eigenvalue weighted by molar-refractivity contribution is 5.87. The van der Waals surface area contributed by atoms with Crippen molar-refractivity contribution in [2.24, 2.45) is 16.9 Å². The highest BCUT2D eigenvalue weighted by Gasteiger charge is 2.30. The Morgan fingerprint density at radius 1 is 1.21 bits per heavy atom. The molecule has 5 heteroatoms. The topological polar surface area (TPSA) is 59.3 Å². The molecule has 1 aromatic carbocycles. The van der Waals surface area contributed by atoms with Gasteiger partial charge in [-0.3, -0.25) is 4.79 Å². The van der Waals surface area contributed by atoms with Crippen LogP contribution in [0.25, 0.3) is 11.0 Å². The van der Waals surface area contributed by atoms with Gasteiger partial charge in [0, 0.05) is 5.71 Å². The normalized spacial score (nSPS) is 25.6. The molecule has 0 radical (unpaired) electrons. The van der Waals surface area contributed by atoms with Crippen LogP contribution in [-0.4, -0.2) is 21.2 Å². The molecule has 2 aliphatic rings. The van der Waals surface area contributed by atoms with Gasteiger partial charge in [0.15, 0.2) is 0 Å². The molecule has 0 spiro atoms. The van der Waals surface area contributed by atoms with Gasteiger partial charge in [0.05, 0.1) is 17.4 Å². The Kier molecular flexibility index (Phi) is 4.32. The maximum Gasteiger partial charge on any atom is 0.260 e. The largest absolute Gasteiger partial charge is 0.321 e. The van der Waals surface area contributed by atoms with Gasteiger partial charge in [0.25, 0.3) is 5.91 Å². The first kappa shape index (κ1) is 15.4. The van der Waals surface area contributed by atoms with Crippen molar-refractivity contribution in [3.8, 4) is 0 Å². The molecular weight excluding hydrogens is 300 g/mol. The molecule has 126 valence electrons. The zero-order valence-electron chi connectivity index (χ0n) is 13.9. The van der Waals surface area contributed by atoms with Crippen molar-refractivity contribution >= 4 is 22.7 Å². The number of amides is 1. The van der Waals surface area contributed by atoms with E-state index in [-0.39, 0.29) is 12.5 Å². The minimum absolute atomic E-state index is 0.0866. The number of benzene rings is 1. The fourth-order valence-electron chi connectivity index (χ4n) is 4.26. The molecule has 2 aromatic rings. The zero-order valence-corrected chi connectivity index (χ0v) is 13.9. The van der Waals surface area contributed by atoms with E-state index >= 15 is 0 Å². The summed E-state index contributed by atoms with van der Waals surface area (Å²) in [5.41, 5.74) is 5.80. The maximum absolute atomic E-state index is 12.2. The number of hydrazone groups is 1. The summed E-state index contributed by atoms with van der Waals surface area (Å²) >= 11 is 0. The van der Waals surface area contributed by atoms with Gasteiger partial charge in [-0.05, 0) is 49.7 Å². The third-order valence-electron chi connectivity index (χ3n) is 5.55. The number of hydrogen-bond donors (Lipinski definition) is 1. The number of carbonyl (C=O) groups is 1. The van der Waals surface area contributed by atoms with Gasteiger partial charge >= 0.3 is 0 Å². The van der Waals surface area contributed by atoms with E-state index in [1.165, 1.54) is 37.8 Å². The summed E-state index contributed by atoms with van der Waals surface area (Å²) in [5, 5.41) is 4.42. The van der Waals surface area contributed by atoms with E-state index in [9.17, 15) is 4.79 Å². The predicted octanol–water partition coefficient (Wildman–Crippen LogP) is 3.50. The summed E-state index contributed by atoms with van der Waals surface area (Å²) in [4.78, 5) is 16.5. The molecule has 0 saturated heterocycles. The first-order valence-electron chi connectivity index (χ1n) is 9.04. The second-order valence-electron chi connectivity index (χ2n) is 7.12. The number of carbonyl (C=O) groups excluding carboxylic acids is 1. The molecule has 2 atom stereocenters. The Morgan fingerprint density at radius 2 is 2.04 bits per heavy atom. The quantitative estimate of drug-likeness (QED) is 0.879. The predicted molar refractivity (Wildman–Crippen MR) is 94.6 cm³/mol. The van der Waals surface area contributed by atoms with Crippen molar-refractivity contribution in [2.75, 3.05) is 0 Å². The lowest BCUT2D eigenvalue weighted by molar-refractivity contribution is -0.121. The van der Waals surface area contributed by atoms with Crippen molar-refractivity contribution in [3.63, 3.8) is 0 Å². The molecule has 2 fully saturated rings. The number of nitrogens with one attached hydrogen (secondary N) is 1. The summed E-state index contributed by atoms with van der Waals surface area (Å²) in [6, 6.07) is 7.84. The molecule has 5 nitrogen and oxygen atoms in total. The number of hydrogen-bond acceptors (Lipinski definition) is 3. The standard InChI is InChI=1S/C19H24N4O/c24-19(12-23-13-20-17-7-3-4-8-18(17)23)22-21-16-10-9-14-5-1-2-6-15(14)11-16/h3-4,7-8,13-15H,1-2,5-6,9-12H2,(H,22,24)/b21-16-/t14-,15+/m1/s1. The van der Waals surface area contributed by atoms with Crippen LogP contribution in [0.15, 0.2) is 35.7 Å². The van der Waals surface area contributed by atoms with Crippen molar-refractivity contribution in [2.45, 2.75) is 51.5 Å². The lowest BCUT2D eigenvalue weighted by Gasteiger charge is -2.35. The third-order valence-corrected chi connectivity index (χ3v) is 5.55. The van der Waals surface area contributed by atoms with E-state index in [1.54, 1.807) is 6.33 Å². The van der Waals surface area contributed by atoms with Crippen molar-refractivity contribution in [1.82, 2.24) is 15.0 Å². The number of para-hydroxylation sites is 2. The number of nitrogens with zero attached hydrogens (tertiary/aromatic N) is 3. The van der Waals surface area contributed by atoms with E-state index < -0.39 is 0 Å².